The third-order valence-corrected chi connectivity index (χ3v) is 3.86. The molecule has 0 spiro atoms. The molecule has 116 valence electrons. The van der Waals surface area contributed by atoms with Crippen LogP contribution in [0.3, 0.4) is 0 Å². The predicted octanol–water partition coefficient (Wildman–Crippen LogP) is 2.31. The van der Waals surface area contributed by atoms with Gasteiger partial charge in [-0.2, -0.15) is 0 Å². The van der Waals surface area contributed by atoms with E-state index in [9.17, 15) is 4.79 Å². The third-order valence-electron chi connectivity index (χ3n) is 3.86. The lowest BCUT2D eigenvalue weighted by Gasteiger charge is -2.45. The van der Waals surface area contributed by atoms with E-state index in [4.69, 9.17) is 14.2 Å². The summed E-state index contributed by atoms with van der Waals surface area (Å²) in [5, 5.41) is 3.48. The van der Waals surface area contributed by atoms with E-state index in [0.29, 0.717) is 19.8 Å². The monoisotopic (exact) mass is 293 g/mol. The Morgan fingerprint density at radius 2 is 2.05 bits per heavy atom. The fourth-order valence-electron chi connectivity index (χ4n) is 2.60. The second kappa shape index (κ2) is 7.43. The summed E-state index contributed by atoms with van der Waals surface area (Å²) in [4.78, 5) is 11.5. The van der Waals surface area contributed by atoms with Crippen LogP contribution in [0, 0.1) is 0 Å². The number of rotatable bonds is 9. The number of nitrogens with one attached hydrogen (secondary N) is 1. The molecule has 0 fully saturated rings. The molecular formula is C16H23NO4. The lowest BCUT2D eigenvalue weighted by atomic mass is 9.77. The number of ether oxygens (including phenoxy) is 3. The van der Waals surface area contributed by atoms with Crippen LogP contribution in [-0.4, -0.2) is 39.5 Å². The number of benzene rings is 1. The average molecular weight is 293 g/mol. The largest absolute Gasteiger partial charge is 0.464 e. The standard InChI is InChI=1S/C16H23NO4/c1-3-16(13-6-4-5-7-14(13)17-16)8-9-21-15(18)12-20-11-10-19-2/h4-7,17H,3,8-12H2,1-2H3. The second-order valence-electron chi connectivity index (χ2n) is 5.12. The SMILES string of the molecule is CCC1(CCOC(=O)COCCOC)Nc2ccccc21. The van der Waals surface area contributed by atoms with E-state index in [1.807, 2.05) is 12.1 Å². The molecule has 0 amide bonds. The Kier molecular flexibility index (Phi) is 5.59. The molecule has 0 aliphatic carbocycles. The molecule has 21 heavy (non-hydrogen) atoms. The zero-order valence-corrected chi connectivity index (χ0v) is 12.7. The maximum absolute atomic E-state index is 11.5. The van der Waals surface area contributed by atoms with E-state index in [1.165, 1.54) is 11.3 Å². The van der Waals surface area contributed by atoms with Crippen molar-refractivity contribution in [3.8, 4) is 0 Å². The Balaban J connectivity index is 1.72. The maximum atomic E-state index is 11.5. The fraction of sp³-hybridized carbons (Fsp3) is 0.562. The van der Waals surface area contributed by atoms with Crippen LogP contribution in [-0.2, 0) is 24.5 Å². The van der Waals surface area contributed by atoms with E-state index >= 15 is 0 Å². The summed E-state index contributed by atoms with van der Waals surface area (Å²) in [5.41, 5.74) is 2.42. The van der Waals surface area contributed by atoms with E-state index in [2.05, 4.69) is 24.4 Å². The molecule has 0 saturated carbocycles. The molecular weight excluding hydrogens is 270 g/mol. The van der Waals surface area contributed by atoms with Gasteiger partial charge in [0.25, 0.3) is 0 Å². The first-order valence-electron chi connectivity index (χ1n) is 7.32. The maximum Gasteiger partial charge on any atom is 0.332 e. The molecule has 1 aromatic carbocycles. The fourth-order valence-corrected chi connectivity index (χ4v) is 2.60. The van der Waals surface area contributed by atoms with Crippen molar-refractivity contribution >= 4 is 11.7 Å². The van der Waals surface area contributed by atoms with Crippen LogP contribution in [0.15, 0.2) is 24.3 Å². The van der Waals surface area contributed by atoms with E-state index < -0.39 is 0 Å². The molecule has 0 radical (unpaired) electrons. The van der Waals surface area contributed by atoms with Gasteiger partial charge in [0, 0.05) is 24.8 Å². The van der Waals surface area contributed by atoms with Crippen LogP contribution >= 0.6 is 0 Å². The van der Waals surface area contributed by atoms with Crippen LogP contribution in [0.25, 0.3) is 0 Å². The molecule has 1 aliphatic heterocycles. The van der Waals surface area contributed by atoms with Crippen molar-refractivity contribution in [1.82, 2.24) is 0 Å². The van der Waals surface area contributed by atoms with Crippen molar-refractivity contribution in [1.29, 1.82) is 0 Å². The van der Waals surface area contributed by atoms with Gasteiger partial charge in [0.05, 0.1) is 25.4 Å². The molecule has 5 heteroatoms. The molecule has 0 saturated heterocycles. The second-order valence-corrected chi connectivity index (χ2v) is 5.12. The summed E-state index contributed by atoms with van der Waals surface area (Å²) >= 11 is 0. The third kappa shape index (κ3) is 3.74. The smallest absolute Gasteiger partial charge is 0.332 e. The highest BCUT2D eigenvalue weighted by Gasteiger charge is 2.40. The molecule has 1 unspecified atom stereocenters. The van der Waals surface area contributed by atoms with Gasteiger partial charge in [0.2, 0.25) is 0 Å². The minimum atomic E-state index is -0.329. The molecule has 1 aromatic rings. The Bertz CT molecular complexity index is 477. The summed E-state index contributed by atoms with van der Waals surface area (Å²) in [6.45, 7) is 3.39. The Labute approximate surface area is 125 Å². The summed E-state index contributed by atoms with van der Waals surface area (Å²) in [7, 11) is 1.59. The predicted molar refractivity (Wildman–Crippen MR) is 80.3 cm³/mol. The summed E-state index contributed by atoms with van der Waals surface area (Å²) in [5.74, 6) is -0.329. The van der Waals surface area contributed by atoms with Gasteiger partial charge in [-0.05, 0) is 12.5 Å². The normalized spacial score (nSPS) is 19.3. The van der Waals surface area contributed by atoms with Crippen LogP contribution in [0.1, 0.15) is 25.3 Å². The highest BCUT2D eigenvalue weighted by atomic mass is 16.6. The first-order chi connectivity index (χ1) is 10.2. The first kappa shape index (κ1) is 15.8. The van der Waals surface area contributed by atoms with Gasteiger partial charge in [-0.1, -0.05) is 25.1 Å². The van der Waals surface area contributed by atoms with Gasteiger partial charge in [-0.25, -0.2) is 4.79 Å². The minimum Gasteiger partial charge on any atom is -0.464 e. The average Bonchev–Trinajstić information content (AvgIpc) is 2.48. The number of methoxy groups -OCH3 is 1. The van der Waals surface area contributed by atoms with Gasteiger partial charge in [0.15, 0.2) is 0 Å². The molecule has 2 rings (SSSR count). The van der Waals surface area contributed by atoms with Crippen molar-refractivity contribution in [3.05, 3.63) is 29.8 Å². The molecule has 0 bridgehead atoms. The molecule has 1 heterocycles. The molecule has 0 aromatic heterocycles. The summed E-state index contributed by atoms with van der Waals surface area (Å²) < 4.78 is 15.2. The minimum absolute atomic E-state index is 0.0213. The zero-order chi connectivity index (χ0) is 15.1. The van der Waals surface area contributed by atoms with Crippen molar-refractivity contribution in [2.45, 2.75) is 25.3 Å². The highest BCUT2D eigenvalue weighted by molar-refractivity contribution is 5.71. The van der Waals surface area contributed by atoms with E-state index in [-0.39, 0.29) is 18.1 Å². The van der Waals surface area contributed by atoms with Crippen LogP contribution in [0.2, 0.25) is 0 Å². The molecule has 5 nitrogen and oxygen atoms in total. The topological polar surface area (TPSA) is 56.8 Å². The van der Waals surface area contributed by atoms with Crippen molar-refractivity contribution in [3.63, 3.8) is 0 Å². The summed E-state index contributed by atoms with van der Waals surface area (Å²) in [6.07, 6.45) is 1.73. The van der Waals surface area contributed by atoms with Gasteiger partial charge >= 0.3 is 5.97 Å². The summed E-state index contributed by atoms with van der Waals surface area (Å²) in [6, 6.07) is 8.26. The van der Waals surface area contributed by atoms with E-state index in [1.54, 1.807) is 7.11 Å². The van der Waals surface area contributed by atoms with Crippen LogP contribution in [0.4, 0.5) is 5.69 Å². The Morgan fingerprint density at radius 1 is 1.24 bits per heavy atom. The Hall–Kier alpha value is -1.59. The quantitative estimate of drug-likeness (QED) is 0.559. The number of carbonyl (C=O) groups is 1. The number of carbonyl (C=O) groups excluding carboxylic acids is 1. The lowest BCUT2D eigenvalue weighted by molar-refractivity contribution is -0.149. The first-order valence-corrected chi connectivity index (χ1v) is 7.32. The van der Waals surface area contributed by atoms with Gasteiger partial charge in [0.1, 0.15) is 6.61 Å². The van der Waals surface area contributed by atoms with Crippen molar-refractivity contribution in [2.24, 2.45) is 0 Å². The van der Waals surface area contributed by atoms with Crippen molar-refractivity contribution in [2.75, 3.05) is 38.9 Å². The lowest BCUT2D eigenvalue weighted by Crippen LogP contribution is -2.44. The number of hydrogen-bond donors (Lipinski definition) is 1. The number of esters is 1. The van der Waals surface area contributed by atoms with Crippen LogP contribution < -0.4 is 5.32 Å². The van der Waals surface area contributed by atoms with Gasteiger partial charge in [-0.15, -0.1) is 0 Å². The zero-order valence-electron chi connectivity index (χ0n) is 12.7. The highest BCUT2D eigenvalue weighted by Crippen LogP contribution is 2.45. The number of para-hydroxylation sites is 1. The Morgan fingerprint density at radius 3 is 2.76 bits per heavy atom. The van der Waals surface area contributed by atoms with Gasteiger partial charge in [-0.3, -0.25) is 0 Å². The van der Waals surface area contributed by atoms with Crippen LogP contribution in [0.5, 0.6) is 0 Å². The van der Waals surface area contributed by atoms with Gasteiger partial charge < -0.3 is 19.5 Å². The number of anilines is 1. The number of fused-ring (bicyclic) bond motifs is 1. The number of hydrogen-bond acceptors (Lipinski definition) is 5. The molecule has 1 aliphatic rings. The van der Waals surface area contributed by atoms with Crippen molar-refractivity contribution < 1.29 is 19.0 Å². The molecule has 1 N–H and O–H groups in total. The van der Waals surface area contributed by atoms with E-state index in [0.717, 1.165) is 12.8 Å². The molecule has 1 atom stereocenters.